The fourth-order valence-electron chi connectivity index (χ4n) is 1.21. The van der Waals surface area contributed by atoms with E-state index in [0.717, 1.165) is 19.3 Å². The molecule has 4 nitrogen and oxygen atoms in total. The Kier molecular flexibility index (Phi) is 6.96. The van der Waals surface area contributed by atoms with Crippen LogP contribution in [-0.4, -0.2) is 24.9 Å². The van der Waals surface area contributed by atoms with Gasteiger partial charge in [0.15, 0.2) is 0 Å². The minimum Gasteiger partial charge on any atom is -0.354 e. The second-order valence-corrected chi connectivity index (χ2v) is 3.11. The first-order valence-electron chi connectivity index (χ1n) is 4.65. The van der Waals surface area contributed by atoms with Gasteiger partial charge < -0.3 is 10.6 Å². The van der Waals surface area contributed by atoms with Gasteiger partial charge in [0.2, 0.25) is 12.8 Å². The summed E-state index contributed by atoms with van der Waals surface area (Å²) in [6, 6.07) is 0.0388. The third kappa shape index (κ3) is 5.22. The molecule has 2 N–H and O–H groups in total. The van der Waals surface area contributed by atoms with Crippen molar-refractivity contribution in [1.82, 2.24) is 10.6 Å². The smallest absolute Gasteiger partial charge is 0.207 e. The average molecular weight is 186 g/mol. The fourth-order valence-corrected chi connectivity index (χ4v) is 1.21. The molecule has 2 amide bonds. The van der Waals surface area contributed by atoms with Crippen LogP contribution in [0, 0.1) is 0 Å². The molecular formula is C9H18N2O2. The maximum Gasteiger partial charge on any atom is 0.207 e. The lowest BCUT2D eigenvalue weighted by Gasteiger charge is -2.22. The van der Waals surface area contributed by atoms with Crippen LogP contribution < -0.4 is 10.6 Å². The standard InChI is InChI=1S/C9H18N2O2/c1-3-4-5-9(11-7-13)8(2)10-6-12/h6-9H,3-5H2,1-2H3,(H,10,12)(H,11,13). The van der Waals surface area contributed by atoms with Crippen LogP contribution in [-0.2, 0) is 9.59 Å². The van der Waals surface area contributed by atoms with E-state index in [1.54, 1.807) is 0 Å². The van der Waals surface area contributed by atoms with E-state index in [1.807, 2.05) is 6.92 Å². The number of amides is 2. The molecule has 0 fully saturated rings. The lowest BCUT2D eigenvalue weighted by Crippen LogP contribution is -2.45. The molecule has 76 valence electrons. The highest BCUT2D eigenvalue weighted by Gasteiger charge is 2.14. The summed E-state index contributed by atoms with van der Waals surface area (Å²) in [5.41, 5.74) is 0. The Balaban J connectivity index is 3.88. The molecule has 0 radical (unpaired) electrons. The number of hydrogen-bond donors (Lipinski definition) is 2. The van der Waals surface area contributed by atoms with E-state index in [9.17, 15) is 9.59 Å². The van der Waals surface area contributed by atoms with Gasteiger partial charge in [-0.1, -0.05) is 19.8 Å². The quantitative estimate of drug-likeness (QED) is 0.540. The molecule has 0 bridgehead atoms. The van der Waals surface area contributed by atoms with Crippen molar-refractivity contribution in [1.29, 1.82) is 0 Å². The van der Waals surface area contributed by atoms with Crippen LogP contribution in [0.2, 0.25) is 0 Å². The highest BCUT2D eigenvalue weighted by molar-refractivity contribution is 5.49. The number of rotatable bonds is 8. The summed E-state index contributed by atoms with van der Waals surface area (Å²) in [6.07, 6.45) is 4.39. The van der Waals surface area contributed by atoms with E-state index in [-0.39, 0.29) is 12.1 Å². The van der Waals surface area contributed by atoms with Gasteiger partial charge in [-0.05, 0) is 13.3 Å². The predicted octanol–water partition coefficient (Wildman–Crippen LogP) is 0.426. The molecule has 0 aliphatic heterocycles. The van der Waals surface area contributed by atoms with Crippen LogP contribution in [0.3, 0.4) is 0 Å². The van der Waals surface area contributed by atoms with E-state index >= 15 is 0 Å². The molecule has 4 heteroatoms. The van der Waals surface area contributed by atoms with Gasteiger partial charge in [0.1, 0.15) is 0 Å². The SMILES string of the molecule is CCCCC(NC=O)C(C)NC=O. The minimum atomic E-state index is -0.00532. The van der Waals surface area contributed by atoms with Gasteiger partial charge in [-0.15, -0.1) is 0 Å². The third-order valence-corrected chi connectivity index (χ3v) is 2.09. The van der Waals surface area contributed by atoms with E-state index in [0.29, 0.717) is 12.8 Å². The zero-order chi connectivity index (χ0) is 10.1. The maximum atomic E-state index is 10.3. The van der Waals surface area contributed by atoms with Gasteiger partial charge in [-0.25, -0.2) is 0 Å². The number of unbranched alkanes of at least 4 members (excludes halogenated alkanes) is 1. The Morgan fingerprint density at radius 3 is 2.31 bits per heavy atom. The van der Waals surface area contributed by atoms with Crippen molar-refractivity contribution in [3.05, 3.63) is 0 Å². The molecule has 13 heavy (non-hydrogen) atoms. The van der Waals surface area contributed by atoms with Crippen molar-refractivity contribution >= 4 is 12.8 Å². The number of carbonyl (C=O) groups is 2. The molecule has 0 heterocycles. The Bertz CT molecular complexity index is 151. The van der Waals surface area contributed by atoms with Crippen LogP contribution in [0.15, 0.2) is 0 Å². The van der Waals surface area contributed by atoms with E-state index < -0.39 is 0 Å². The maximum absolute atomic E-state index is 10.3. The first-order valence-corrected chi connectivity index (χ1v) is 4.65. The molecule has 0 aromatic heterocycles. The van der Waals surface area contributed by atoms with Crippen molar-refractivity contribution in [2.45, 2.75) is 45.2 Å². The molecule has 0 saturated carbocycles. The molecular weight excluding hydrogens is 168 g/mol. The summed E-state index contributed by atoms with van der Waals surface area (Å²) in [7, 11) is 0. The van der Waals surface area contributed by atoms with Gasteiger partial charge in [0.05, 0.1) is 0 Å². The zero-order valence-corrected chi connectivity index (χ0v) is 8.25. The number of carbonyl (C=O) groups excluding carboxylic acids is 2. The second kappa shape index (κ2) is 7.58. The molecule has 0 rings (SSSR count). The van der Waals surface area contributed by atoms with Crippen molar-refractivity contribution in [3.63, 3.8) is 0 Å². The summed E-state index contributed by atoms with van der Waals surface area (Å²) < 4.78 is 0. The van der Waals surface area contributed by atoms with Gasteiger partial charge >= 0.3 is 0 Å². The zero-order valence-electron chi connectivity index (χ0n) is 8.25. The van der Waals surface area contributed by atoms with E-state index in [4.69, 9.17) is 0 Å². The monoisotopic (exact) mass is 186 g/mol. The van der Waals surface area contributed by atoms with E-state index in [1.165, 1.54) is 0 Å². The van der Waals surface area contributed by atoms with Crippen molar-refractivity contribution < 1.29 is 9.59 Å². The minimum absolute atomic E-state index is 0.00532. The molecule has 0 aromatic rings. The highest BCUT2D eigenvalue weighted by Crippen LogP contribution is 2.03. The molecule has 0 aliphatic carbocycles. The topological polar surface area (TPSA) is 58.2 Å². The van der Waals surface area contributed by atoms with Gasteiger partial charge in [-0.3, -0.25) is 9.59 Å². The molecule has 0 spiro atoms. The second-order valence-electron chi connectivity index (χ2n) is 3.11. The fraction of sp³-hybridized carbons (Fsp3) is 0.778. The van der Waals surface area contributed by atoms with Crippen LogP contribution in [0.4, 0.5) is 0 Å². The highest BCUT2D eigenvalue weighted by atomic mass is 16.1. The summed E-state index contributed by atoms with van der Waals surface area (Å²) >= 11 is 0. The first-order chi connectivity index (χ1) is 6.26. The van der Waals surface area contributed by atoms with Crippen molar-refractivity contribution in [2.75, 3.05) is 0 Å². The average Bonchev–Trinajstić information content (AvgIpc) is 2.12. The Morgan fingerprint density at radius 2 is 1.85 bits per heavy atom. The predicted molar refractivity (Wildman–Crippen MR) is 51.2 cm³/mol. The number of hydrogen-bond acceptors (Lipinski definition) is 2. The molecule has 0 aliphatic rings. The molecule has 2 atom stereocenters. The summed E-state index contributed by atoms with van der Waals surface area (Å²) in [4.78, 5) is 20.4. The van der Waals surface area contributed by atoms with Crippen molar-refractivity contribution in [2.24, 2.45) is 0 Å². The first kappa shape index (κ1) is 11.9. The van der Waals surface area contributed by atoms with Gasteiger partial charge in [0.25, 0.3) is 0 Å². The summed E-state index contributed by atoms with van der Waals surface area (Å²) in [5, 5.41) is 5.34. The molecule has 2 unspecified atom stereocenters. The van der Waals surface area contributed by atoms with Crippen LogP contribution >= 0.6 is 0 Å². The lowest BCUT2D eigenvalue weighted by molar-refractivity contribution is -0.112. The largest absolute Gasteiger partial charge is 0.354 e. The number of nitrogens with one attached hydrogen (secondary N) is 2. The summed E-state index contributed by atoms with van der Waals surface area (Å²) in [6.45, 7) is 3.97. The normalized spacial score (nSPS) is 14.3. The van der Waals surface area contributed by atoms with E-state index in [2.05, 4.69) is 17.6 Å². The van der Waals surface area contributed by atoms with Crippen molar-refractivity contribution in [3.8, 4) is 0 Å². The molecule has 0 aromatic carbocycles. The Labute approximate surface area is 79.1 Å². The molecule has 0 saturated heterocycles. The van der Waals surface area contributed by atoms with Gasteiger partial charge in [-0.2, -0.15) is 0 Å². The van der Waals surface area contributed by atoms with Gasteiger partial charge in [0, 0.05) is 12.1 Å². The van der Waals surface area contributed by atoms with Crippen LogP contribution in [0.5, 0.6) is 0 Å². The third-order valence-electron chi connectivity index (χ3n) is 2.09. The Morgan fingerprint density at radius 1 is 1.23 bits per heavy atom. The summed E-state index contributed by atoms with van der Waals surface area (Å²) in [5.74, 6) is 0. The van der Waals surface area contributed by atoms with Crippen LogP contribution in [0.25, 0.3) is 0 Å². The van der Waals surface area contributed by atoms with Crippen LogP contribution in [0.1, 0.15) is 33.1 Å². The lowest BCUT2D eigenvalue weighted by atomic mass is 10.0. The Hall–Kier alpha value is -1.06.